The minimum Gasteiger partial charge on any atom is -0.497 e. The maximum Gasteiger partial charge on any atom is 0.131 e. The number of hydrogen-bond donors (Lipinski definition) is 1. The van der Waals surface area contributed by atoms with Crippen LogP contribution in [0.4, 0.5) is 0 Å². The summed E-state index contributed by atoms with van der Waals surface area (Å²) in [5, 5.41) is 13.6. The Balaban J connectivity index is 1.57. The highest BCUT2D eigenvalue weighted by molar-refractivity contribution is 6.32. The Morgan fingerprint density at radius 3 is 2.76 bits per heavy atom. The van der Waals surface area contributed by atoms with Crippen molar-refractivity contribution in [3.63, 3.8) is 0 Å². The lowest BCUT2D eigenvalue weighted by molar-refractivity contribution is -0.984. The van der Waals surface area contributed by atoms with Crippen LogP contribution in [0.2, 0.25) is 10.3 Å². The largest absolute Gasteiger partial charge is 0.497 e. The fraction of sp³-hybridized carbons (Fsp3) is 0.385. The molecule has 3 aliphatic rings. The molecule has 3 aliphatic heterocycles. The summed E-state index contributed by atoms with van der Waals surface area (Å²) in [7, 11) is 1.65. The Bertz CT molecular complexity index is 1180. The number of fused-ring (bicyclic) bond motifs is 4. The van der Waals surface area contributed by atoms with Gasteiger partial charge >= 0.3 is 0 Å². The van der Waals surface area contributed by atoms with Crippen molar-refractivity contribution in [3.8, 4) is 5.75 Å². The van der Waals surface area contributed by atoms with E-state index in [1.807, 2.05) is 36.4 Å². The molecule has 5 heterocycles. The predicted molar refractivity (Wildman–Crippen MR) is 131 cm³/mol. The number of nitrogens with zero attached hydrogens (tertiary/aromatic N) is 3. The van der Waals surface area contributed by atoms with Gasteiger partial charge < -0.3 is 14.3 Å². The van der Waals surface area contributed by atoms with E-state index in [1.165, 1.54) is 0 Å². The van der Waals surface area contributed by atoms with Crippen molar-refractivity contribution in [2.75, 3.05) is 20.2 Å². The Kier molecular flexibility index (Phi) is 6.08. The van der Waals surface area contributed by atoms with Gasteiger partial charge in [-0.25, -0.2) is 4.98 Å². The molecule has 0 saturated carbocycles. The number of methoxy groups -OCH3 is 1. The van der Waals surface area contributed by atoms with Gasteiger partial charge in [0.1, 0.15) is 34.7 Å². The van der Waals surface area contributed by atoms with E-state index in [2.05, 4.69) is 22.6 Å². The molecule has 6 rings (SSSR count). The first-order valence-corrected chi connectivity index (χ1v) is 12.1. The third-order valence-electron chi connectivity index (χ3n) is 7.66. The van der Waals surface area contributed by atoms with Crippen LogP contribution in [0, 0.1) is 11.8 Å². The van der Waals surface area contributed by atoms with Crippen LogP contribution < -0.4 is 4.74 Å². The number of aliphatic hydroxyl groups excluding tert-OH is 1. The van der Waals surface area contributed by atoms with Crippen molar-refractivity contribution in [2.24, 2.45) is 11.8 Å². The summed E-state index contributed by atoms with van der Waals surface area (Å²) in [5.41, 5.74) is 2.79. The Hall–Kier alpha value is -2.18. The number of hydrogen-bond acceptors (Lipinski definition) is 4. The number of ether oxygens (including phenoxy) is 1. The highest BCUT2D eigenvalue weighted by Crippen LogP contribution is 2.48. The van der Waals surface area contributed by atoms with Crippen molar-refractivity contribution in [2.45, 2.75) is 31.5 Å². The van der Waals surface area contributed by atoms with Gasteiger partial charge in [-0.3, -0.25) is 4.98 Å². The Labute approximate surface area is 204 Å². The number of benzene rings is 1. The number of pyridine rings is 2. The number of halogens is 2. The Morgan fingerprint density at radius 1 is 1.24 bits per heavy atom. The van der Waals surface area contributed by atoms with E-state index in [0.29, 0.717) is 22.1 Å². The van der Waals surface area contributed by atoms with Gasteiger partial charge in [0.25, 0.3) is 0 Å². The third kappa shape index (κ3) is 4.12. The van der Waals surface area contributed by atoms with Crippen LogP contribution in [0.1, 0.15) is 30.1 Å². The molecule has 5 atom stereocenters. The molecule has 1 aromatic carbocycles. The monoisotopic (exact) mass is 484 g/mol. The van der Waals surface area contributed by atoms with Crippen LogP contribution >= 0.6 is 23.2 Å². The lowest BCUT2D eigenvalue weighted by Crippen LogP contribution is -2.67. The molecule has 2 aromatic heterocycles. The minimum absolute atomic E-state index is 0.0440. The summed E-state index contributed by atoms with van der Waals surface area (Å²) in [6.45, 7) is 6.80. The van der Waals surface area contributed by atoms with Gasteiger partial charge in [-0.2, -0.15) is 0 Å². The van der Waals surface area contributed by atoms with E-state index >= 15 is 0 Å². The zero-order valence-electron chi connectivity index (χ0n) is 18.6. The van der Waals surface area contributed by atoms with Crippen molar-refractivity contribution in [1.82, 2.24) is 9.97 Å². The predicted octanol–water partition coefficient (Wildman–Crippen LogP) is 5.59. The molecular weight excluding hydrogens is 457 g/mol. The van der Waals surface area contributed by atoms with Gasteiger partial charge in [-0.15, -0.1) is 6.58 Å². The molecule has 0 spiro atoms. The van der Waals surface area contributed by atoms with Crippen LogP contribution in [0.5, 0.6) is 5.75 Å². The molecule has 1 N–H and O–H groups in total. The second-order valence-corrected chi connectivity index (χ2v) is 10.2. The summed E-state index contributed by atoms with van der Waals surface area (Å²) in [6.07, 6.45) is 5.31. The molecule has 3 fully saturated rings. The zero-order chi connectivity index (χ0) is 23.2. The average molecular weight is 485 g/mol. The number of aromatic nitrogens is 2. The van der Waals surface area contributed by atoms with Crippen LogP contribution in [0.25, 0.3) is 10.9 Å². The molecule has 172 valence electrons. The fourth-order valence-electron chi connectivity index (χ4n) is 6.09. The van der Waals surface area contributed by atoms with Crippen molar-refractivity contribution < 1.29 is 14.3 Å². The lowest BCUT2D eigenvalue weighted by Gasteiger charge is -2.58. The van der Waals surface area contributed by atoms with Crippen molar-refractivity contribution in [3.05, 3.63) is 76.7 Å². The summed E-state index contributed by atoms with van der Waals surface area (Å²) in [4.78, 5) is 8.61. The fourth-order valence-corrected chi connectivity index (χ4v) is 6.59. The molecule has 2 bridgehead atoms. The standard InChI is InChI=1S/C26H28Cl2N3O2/c1-3-17-15-31(14-16-10-24(27)30-25(28)11-16)9-7-18(17)12-23(31)26(32)20-6-8-29-22-5-4-19(33-2)13-21(20)22/h3-6,8,10-11,13,17-18,23,26,32H,1,7,9,12,14-15H2,2H3/q+1/t17?,18?,23-,26+,31?/m0/s1. The second kappa shape index (κ2) is 8.88. The Morgan fingerprint density at radius 2 is 2.03 bits per heavy atom. The second-order valence-electron chi connectivity index (χ2n) is 9.38. The highest BCUT2D eigenvalue weighted by atomic mass is 35.5. The van der Waals surface area contributed by atoms with E-state index in [-0.39, 0.29) is 6.04 Å². The van der Waals surface area contributed by atoms with Gasteiger partial charge in [-0.05, 0) is 47.9 Å². The molecule has 0 radical (unpaired) electrons. The van der Waals surface area contributed by atoms with E-state index in [1.54, 1.807) is 13.3 Å². The first kappa shape index (κ1) is 22.6. The SMILES string of the molecule is C=CC1C[N+]2(Cc3cc(Cl)nc(Cl)c3)CCC1C[C@H]2[C@H](O)c1ccnc2ccc(OC)cc12. The molecular formula is C26H28Cl2N3O2+. The zero-order valence-corrected chi connectivity index (χ0v) is 20.1. The number of quaternary nitrogens is 1. The number of piperidine rings is 3. The van der Waals surface area contributed by atoms with Crippen molar-refractivity contribution in [1.29, 1.82) is 0 Å². The van der Waals surface area contributed by atoms with Gasteiger partial charge in [0.05, 0.1) is 25.7 Å². The first-order valence-electron chi connectivity index (χ1n) is 11.3. The van der Waals surface area contributed by atoms with Crippen LogP contribution in [-0.4, -0.2) is 45.8 Å². The van der Waals surface area contributed by atoms with Gasteiger partial charge in [0.15, 0.2) is 0 Å². The number of rotatable bonds is 6. The van der Waals surface area contributed by atoms with E-state index in [0.717, 1.165) is 64.7 Å². The maximum atomic E-state index is 11.9. The van der Waals surface area contributed by atoms with Gasteiger partial charge in [0.2, 0.25) is 0 Å². The van der Waals surface area contributed by atoms with Crippen LogP contribution in [-0.2, 0) is 6.54 Å². The lowest BCUT2D eigenvalue weighted by atomic mass is 9.71. The third-order valence-corrected chi connectivity index (χ3v) is 8.05. The van der Waals surface area contributed by atoms with E-state index in [9.17, 15) is 5.11 Å². The van der Waals surface area contributed by atoms with E-state index in [4.69, 9.17) is 27.9 Å². The normalized spacial score (nSPS) is 27.5. The quantitative estimate of drug-likeness (QED) is 0.281. The minimum atomic E-state index is -0.635. The topological polar surface area (TPSA) is 55.2 Å². The molecule has 3 aromatic rings. The van der Waals surface area contributed by atoms with Crippen molar-refractivity contribution >= 4 is 34.1 Å². The number of aliphatic hydroxyl groups is 1. The maximum absolute atomic E-state index is 11.9. The molecule has 3 saturated heterocycles. The van der Waals surface area contributed by atoms with E-state index < -0.39 is 6.10 Å². The molecule has 0 aliphatic carbocycles. The highest BCUT2D eigenvalue weighted by Gasteiger charge is 2.54. The first-order chi connectivity index (χ1) is 15.9. The summed E-state index contributed by atoms with van der Waals surface area (Å²) >= 11 is 12.4. The van der Waals surface area contributed by atoms with Crippen LogP contribution in [0.15, 0.2) is 55.3 Å². The molecule has 3 unspecified atom stereocenters. The summed E-state index contributed by atoms with van der Waals surface area (Å²) in [5.74, 6) is 1.73. The average Bonchev–Trinajstić information content (AvgIpc) is 2.82. The molecule has 33 heavy (non-hydrogen) atoms. The van der Waals surface area contributed by atoms with Gasteiger partial charge in [-0.1, -0.05) is 29.3 Å². The molecule has 5 nitrogen and oxygen atoms in total. The summed E-state index contributed by atoms with van der Waals surface area (Å²) < 4.78 is 6.22. The smallest absolute Gasteiger partial charge is 0.131 e. The van der Waals surface area contributed by atoms with Gasteiger partial charge in [0, 0.05) is 35.9 Å². The molecule has 0 amide bonds. The molecule has 7 heteroatoms. The van der Waals surface area contributed by atoms with Crippen LogP contribution in [0.3, 0.4) is 0 Å². The summed E-state index contributed by atoms with van der Waals surface area (Å²) in [6, 6.07) is 11.6.